The van der Waals surface area contributed by atoms with Gasteiger partial charge in [-0.15, -0.1) is 0 Å². The van der Waals surface area contributed by atoms with Crippen LogP contribution in [0.25, 0.3) is 0 Å². The SMILES string of the molecule is COc1ccc2c(c1)OC1(CCN(C(=O)CC(C)n3cncn3)CC1)CC2=O. The van der Waals surface area contributed by atoms with E-state index >= 15 is 0 Å². The average molecular weight is 384 g/mol. The smallest absolute Gasteiger partial charge is 0.224 e. The van der Waals surface area contributed by atoms with Crippen molar-refractivity contribution in [2.75, 3.05) is 20.2 Å². The first-order valence-corrected chi connectivity index (χ1v) is 9.52. The lowest BCUT2D eigenvalue weighted by Gasteiger charge is -2.44. The summed E-state index contributed by atoms with van der Waals surface area (Å²) >= 11 is 0. The average Bonchev–Trinajstić information content (AvgIpc) is 3.23. The van der Waals surface area contributed by atoms with E-state index in [9.17, 15) is 9.59 Å². The van der Waals surface area contributed by atoms with E-state index in [0.29, 0.717) is 55.8 Å². The molecule has 1 atom stereocenters. The van der Waals surface area contributed by atoms with E-state index in [1.807, 2.05) is 11.8 Å². The third-order valence-corrected chi connectivity index (χ3v) is 5.68. The number of benzene rings is 1. The largest absolute Gasteiger partial charge is 0.497 e. The van der Waals surface area contributed by atoms with Crippen LogP contribution in [0.5, 0.6) is 11.5 Å². The summed E-state index contributed by atoms with van der Waals surface area (Å²) in [7, 11) is 1.59. The fourth-order valence-corrected chi connectivity index (χ4v) is 3.96. The van der Waals surface area contributed by atoms with Gasteiger partial charge in [-0.2, -0.15) is 5.10 Å². The maximum absolute atomic E-state index is 12.7. The molecule has 1 aromatic heterocycles. The van der Waals surface area contributed by atoms with Crippen molar-refractivity contribution in [3.8, 4) is 11.5 Å². The van der Waals surface area contributed by atoms with Crippen LogP contribution in [0.2, 0.25) is 0 Å². The topological polar surface area (TPSA) is 86.6 Å². The van der Waals surface area contributed by atoms with E-state index in [0.717, 1.165) is 0 Å². The Morgan fingerprint density at radius 1 is 1.36 bits per heavy atom. The predicted molar refractivity (Wildman–Crippen MR) is 100 cm³/mol. The predicted octanol–water partition coefficient (Wildman–Crippen LogP) is 2.26. The lowest BCUT2D eigenvalue weighted by atomic mass is 9.82. The fraction of sp³-hybridized carbons (Fsp3) is 0.500. The Hall–Kier alpha value is -2.90. The molecule has 8 nitrogen and oxygen atoms in total. The van der Waals surface area contributed by atoms with Gasteiger partial charge in [0, 0.05) is 38.4 Å². The number of carbonyl (C=O) groups excluding carboxylic acids is 2. The second kappa shape index (κ2) is 7.26. The standard InChI is InChI=1S/C20H24N4O4/c1-14(24-13-21-12-22-24)9-19(26)23-7-5-20(6-8-23)11-17(25)16-4-3-15(27-2)10-18(16)28-20/h3-4,10,12-14H,5-9,11H2,1-2H3. The first-order chi connectivity index (χ1) is 13.5. The molecule has 1 unspecified atom stereocenters. The monoisotopic (exact) mass is 384 g/mol. The minimum atomic E-state index is -0.537. The van der Waals surface area contributed by atoms with Gasteiger partial charge in [-0.1, -0.05) is 0 Å². The highest BCUT2D eigenvalue weighted by Crippen LogP contribution is 2.40. The molecule has 148 valence electrons. The van der Waals surface area contributed by atoms with E-state index in [2.05, 4.69) is 10.1 Å². The Bertz CT molecular complexity index is 872. The van der Waals surface area contributed by atoms with Gasteiger partial charge in [0.15, 0.2) is 5.78 Å². The first kappa shape index (κ1) is 18.5. The Morgan fingerprint density at radius 3 is 2.82 bits per heavy atom. The van der Waals surface area contributed by atoms with Gasteiger partial charge in [-0.3, -0.25) is 9.59 Å². The molecule has 1 amide bonds. The van der Waals surface area contributed by atoms with Gasteiger partial charge in [-0.25, -0.2) is 9.67 Å². The molecule has 0 radical (unpaired) electrons. The maximum atomic E-state index is 12.7. The molecule has 28 heavy (non-hydrogen) atoms. The molecule has 8 heteroatoms. The first-order valence-electron chi connectivity index (χ1n) is 9.52. The Kier molecular flexibility index (Phi) is 4.78. The van der Waals surface area contributed by atoms with Crippen molar-refractivity contribution in [2.24, 2.45) is 0 Å². The van der Waals surface area contributed by atoms with E-state index in [4.69, 9.17) is 9.47 Å². The summed E-state index contributed by atoms with van der Waals surface area (Å²) in [6, 6.07) is 5.26. The quantitative estimate of drug-likeness (QED) is 0.804. The van der Waals surface area contributed by atoms with Crippen LogP contribution in [0.1, 0.15) is 49.0 Å². The zero-order chi connectivity index (χ0) is 19.7. The number of amides is 1. The molecule has 1 aromatic carbocycles. The summed E-state index contributed by atoms with van der Waals surface area (Å²) in [6.45, 7) is 3.11. The number of ether oxygens (including phenoxy) is 2. The highest BCUT2D eigenvalue weighted by atomic mass is 16.5. The number of likely N-dealkylation sites (tertiary alicyclic amines) is 1. The van der Waals surface area contributed by atoms with Gasteiger partial charge in [0.25, 0.3) is 0 Å². The van der Waals surface area contributed by atoms with Gasteiger partial charge in [0.05, 0.1) is 25.1 Å². The molecule has 0 bridgehead atoms. The van der Waals surface area contributed by atoms with Crippen molar-refractivity contribution in [3.05, 3.63) is 36.4 Å². The van der Waals surface area contributed by atoms with Gasteiger partial charge in [-0.05, 0) is 19.1 Å². The summed E-state index contributed by atoms with van der Waals surface area (Å²) in [6.07, 6.45) is 5.09. The molecule has 0 saturated carbocycles. The van der Waals surface area contributed by atoms with E-state index < -0.39 is 5.60 Å². The lowest BCUT2D eigenvalue weighted by molar-refractivity contribution is -0.135. The number of fused-ring (bicyclic) bond motifs is 1. The van der Waals surface area contributed by atoms with Crippen molar-refractivity contribution >= 4 is 11.7 Å². The highest BCUT2D eigenvalue weighted by molar-refractivity contribution is 6.00. The van der Waals surface area contributed by atoms with Crippen LogP contribution >= 0.6 is 0 Å². The molecule has 0 N–H and O–H groups in total. The minimum absolute atomic E-state index is 0.0438. The highest BCUT2D eigenvalue weighted by Gasteiger charge is 2.43. The summed E-state index contributed by atoms with van der Waals surface area (Å²) < 4.78 is 13.2. The zero-order valence-electron chi connectivity index (χ0n) is 16.1. The van der Waals surface area contributed by atoms with Crippen LogP contribution < -0.4 is 9.47 Å². The number of piperidine rings is 1. The molecule has 1 saturated heterocycles. The minimum Gasteiger partial charge on any atom is -0.497 e. The van der Waals surface area contributed by atoms with Gasteiger partial charge in [0.1, 0.15) is 29.8 Å². The summed E-state index contributed by atoms with van der Waals surface area (Å²) in [5.74, 6) is 1.42. The number of Topliss-reactive ketones (excluding diaryl/α,β-unsaturated/α-hetero) is 1. The summed E-state index contributed by atoms with van der Waals surface area (Å²) in [5.41, 5.74) is 0.0664. The maximum Gasteiger partial charge on any atom is 0.224 e. The van der Waals surface area contributed by atoms with Crippen LogP contribution in [0.4, 0.5) is 0 Å². The molecule has 4 rings (SSSR count). The number of carbonyl (C=O) groups is 2. The van der Waals surface area contributed by atoms with Crippen LogP contribution in [-0.4, -0.2) is 57.2 Å². The van der Waals surface area contributed by atoms with E-state index in [1.165, 1.54) is 6.33 Å². The van der Waals surface area contributed by atoms with Crippen LogP contribution in [0.3, 0.4) is 0 Å². The lowest BCUT2D eigenvalue weighted by Crippen LogP contribution is -2.52. The third kappa shape index (κ3) is 3.46. The van der Waals surface area contributed by atoms with Crippen molar-refractivity contribution in [1.29, 1.82) is 0 Å². The van der Waals surface area contributed by atoms with Gasteiger partial charge in [0.2, 0.25) is 5.91 Å². The molecule has 2 aromatic rings. The third-order valence-electron chi connectivity index (χ3n) is 5.68. The van der Waals surface area contributed by atoms with Crippen LogP contribution in [0, 0.1) is 0 Å². The van der Waals surface area contributed by atoms with Crippen molar-refractivity contribution in [2.45, 2.75) is 44.2 Å². The van der Waals surface area contributed by atoms with E-state index in [-0.39, 0.29) is 17.7 Å². The Labute approximate surface area is 163 Å². The van der Waals surface area contributed by atoms with Crippen molar-refractivity contribution in [1.82, 2.24) is 19.7 Å². The molecule has 2 aliphatic rings. The second-order valence-corrected chi connectivity index (χ2v) is 7.56. The van der Waals surface area contributed by atoms with E-state index in [1.54, 1.807) is 36.3 Å². The van der Waals surface area contributed by atoms with Gasteiger partial charge < -0.3 is 14.4 Å². The molecule has 3 heterocycles. The fourth-order valence-electron chi connectivity index (χ4n) is 3.96. The summed E-state index contributed by atoms with van der Waals surface area (Å²) in [4.78, 5) is 31.1. The molecule has 1 fully saturated rings. The molecule has 1 spiro atoms. The number of hydrogen-bond donors (Lipinski definition) is 0. The normalized spacial score (nSPS) is 19.1. The number of ketones is 1. The number of aromatic nitrogens is 3. The van der Waals surface area contributed by atoms with Crippen LogP contribution in [0.15, 0.2) is 30.9 Å². The Balaban J connectivity index is 1.40. The van der Waals surface area contributed by atoms with Crippen molar-refractivity contribution < 1.29 is 19.1 Å². The van der Waals surface area contributed by atoms with Crippen LogP contribution in [-0.2, 0) is 4.79 Å². The van der Waals surface area contributed by atoms with Crippen molar-refractivity contribution in [3.63, 3.8) is 0 Å². The zero-order valence-corrected chi connectivity index (χ0v) is 16.1. The van der Waals surface area contributed by atoms with Gasteiger partial charge >= 0.3 is 0 Å². The number of nitrogens with zero attached hydrogens (tertiary/aromatic N) is 4. The summed E-state index contributed by atoms with van der Waals surface area (Å²) in [5, 5.41) is 4.09. The molecular formula is C20H24N4O4. The molecular weight excluding hydrogens is 360 g/mol. The number of methoxy groups -OCH3 is 1. The number of hydrogen-bond acceptors (Lipinski definition) is 6. The molecule has 0 aliphatic carbocycles. The molecule has 2 aliphatic heterocycles. The second-order valence-electron chi connectivity index (χ2n) is 7.56. The number of rotatable bonds is 4. The Morgan fingerprint density at radius 2 is 2.14 bits per heavy atom.